The van der Waals surface area contributed by atoms with Crippen molar-refractivity contribution in [1.82, 2.24) is 9.97 Å². The third-order valence-corrected chi connectivity index (χ3v) is 4.76. The number of anilines is 2. The Bertz CT molecular complexity index is 1030. The van der Waals surface area contributed by atoms with Crippen molar-refractivity contribution in [1.29, 1.82) is 0 Å². The van der Waals surface area contributed by atoms with E-state index in [9.17, 15) is 9.59 Å². The number of benzene rings is 2. The highest BCUT2D eigenvalue weighted by Gasteiger charge is 2.21. The van der Waals surface area contributed by atoms with Gasteiger partial charge in [-0.05, 0) is 49.2 Å². The summed E-state index contributed by atoms with van der Waals surface area (Å²) in [4.78, 5) is 35.8. The molecule has 1 saturated heterocycles. The molecule has 0 saturated carbocycles. The molecule has 0 radical (unpaired) electrons. The molecule has 142 valence electrons. The molecular weight excluding hydrogens is 356 g/mol. The van der Waals surface area contributed by atoms with Gasteiger partial charge in [-0.2, -0.15) is 0 Å². The van der Waals surface area contributed by atoms with Gasteiger partial charge in [-0.3, -0.25) is 4.79 Å². The second-order valence-electron chi connectivity index (χ2n) is 6.60. The average molecular weight is 376 g/mol. The van der Waals surface area contributed by atoms with Gasteiger partial charge in [0.25, 0.3) is 5.91 Å². The van der Waals surface area contributed by atoms with Gasteiger partial charge in [0.15, 0.2) is 11.6 Å². The fourth-order valence-corrected chi connectivity index (χ4v) is 3.28. The van der Waals surface area contributed by atoms with Crippen LogP contribution in [0.15, 0.2) is 48.5 Å². The van der Waals surface area contributed by atoms with E-state index in [0.717, 1.165) is 37.0 Å². The Morgan fingerprint density at radius 1 is 0.929 bits per heavy atom. The van der Waals surface area contributed by atoms with Gasteiger partial charge in [-0.15, -0.1) is 0 Å². The fraction of sp³-hybridized carbons (Fsp3) is 0.238. The lowest BCUT2D eigenvalue weighted by Crippen LogP contribution is -2.23. The number of esters is 1. The van der Waals surface area contributed by atoms with E-state index in [2.05, 4.69) is 19.9 Å². The molecule has 7 heteroatoms. The van der Waals surface area contributed by atoms with E-state index in [1.54, 1.807) is 24.3 Å². The third kappa shape index (κ3) is 3.51. The third-order valence-electron chi connectivity index (χ3n) is 4.76. The first kappa shape index (κ1) is 17.9. The summed E-state index contributed by atoms with van der Waals surface area (Å²) < 4.78 is 4.68. The monoisotopic (exact) mass is 376 g/mol. The Balaban J connectivity index is 1.65. The molecular formula is C21H20N4O3. The molecule has 1 amide bonds. The Labute approximate surface area is 162 Å². The molecule has 4 rings (SSSR count). The predicted molar refractivity (Wildman–Crippen MR) is 107 cm³/mol. The van der Waals surface area contributed by atoms with Crippen LogP contribution in [0.25, 0.3) is 11.0 Å². The second-order valence-corrected chi connectivity index (χ2v) is 6.60. The van der Waals surface area contributed by atoms with Crippen LogP contribution in [0.4, 0.5) is 11.6 Å². The van der Waals surface area contributed by atoms with Gasteiger partial charge >= 0.3 is 5.97 Å². The number of carbonyl (C=O) groups excluding carboxylic acids is 2. The van der Waals surface area contributed by atoms with Crippen LogP contribution in [0.1, 0.15) is 33.6 Å². The van der Waals surface area contributed by atoms with Gasteiger partial charge < -0.3 is 15.0 Å². The van der Waals surface area contributed by atoms with Crippen molar-refractivity contribution in [3.05, 3.63) is 59.7 Å². The standard InChI is InChI=1S/C21H20N4O3/c1-28-21(27)15-10-8-14(9-11-15)20(26)24-18-19(25-12-4-5-13-25)23-17-7-3-2-6-16(17)22-18/h2-3,6-11H,4-5,12-13H2,1H3,(H,22,24,26). The van der Waals surface area contributed by atoms with Gasteiger partial charge in [0.05, 0.1) is 23.7 Å². The van der Waals surface area contributed by atoms with E-state index < -0.39 is 5.97 Å². The van der Waals surface area contributed by atoms with Crippen LogP contribution in [0, 0.1) is 0 Å². The molecule has 2 aromatic carbocycles. The van der Waals surface area contributed by atoms with E-state index >= 15 is 0 Å². The van der Waals surface area contributed by atoms with Crippen molar-refractivity contribution >= 4 is 34.5 Å². The fourth-order valence-electron chi connectivity index (χ4n) is 3.28. The second kappa shape index (κ2) is 7.64. The van der Waals surface area contributed by atoms with Crippen LogP contribution in [0.3, 0.4) is 0 Å². The van der Waals surface area contributed by atoms with Crippen LogP contribution in [0.2, 0.25) is 0 Å². The molecule has 1 aliphatic rings. The van der Waals surface area contributed by atoms with Crippen LogP contribution in [0.5, 0.6) is 0 Å². The van der Waals surface area contributed by atoms with Gasteiger partial charge in [-0.1, -0.05) is 12.1 Å². The van der Waals surface area contributed by atoms with Crippen molar-refractivity contribution < 1.29 is 14.3 Å². The van der Waals surface area contributed by atoms with Crippen LogP contribution in [-0.2, 0) is 4.74 Å². The number of hydrogen-bond donors (Lipinski definition) is 1. The SMILES string of the molecule is COC(=O)c1ccc(C(=O)Nc2nc3ccccc3nc2N2CCCC2)cc1. The molecule has 1 fully saturated rings. The normalized spacial score (nSPS) is 13.5. The zero-order valence-electron chi connectivity index (χ0n) is 15.5. The number of hydrogen-bond acceptors (Lipinski definition) is 6. The first-order valence-electron chi connectivity index (χ1n) is 9.17. The minimum Gasteiger partial charge on any atom is -0.465 e. The highest BCUT2D eigenvalue weighted by molar-refractivity contribution is 6.06. The van der Waals surface area contributed by atoms with Crippen molar-refractivity contribution in [3.63, 3.8) is 0 Å². The zero-order valence-corrected chi connectivity index (χ0v) is 15.5. The largest absolute Gasteiger partial charge is 0.465 e. The molecule has 0 aliphatic carbocycles. The minimum atomic E-state index is -0.441. The lowest BCUT2D eigenvalue weighted by molar-refractivity contribution is 0.0600. The Hall–Kier alpha value is -3.48. The lowest BCUT2D eigenvalue weighted by atomic mass is 10.1. The first-order valence-corrected chi connectivity index (χ1v) is 9.17. The predicted octanol–water partition coefficient (Wildman–Crippen LogP) is 3.27. The summed E-state index contributed by atoms with van der Waals surface area (Å²) in [6.07, 6.45) is 2.19. The molecule has 0 spiro atoms. The summed E-state index contributed by atoms with van der Waals surface area (Å²) in [5.74, 6) is 0.392. The number of methoxy groups -OCH3 is 1. The molecule has 0 atom stereocenters. The molecule has 0 unspecified atom stereocenters. The summed E-state index contributed by atoms with van der Waals surface area (Å²) in [5, 5.41) is 2.89. The van der Waals surface area contributed by atoms with E-state index in [1.165, 1.54) is 7.11 Å². The van der Waals surface area contributed by atoms with E-state index in [-0.39, 0.29) is 5.91 Å². The number of para-hydroxylation sites is 2. The number of nitrogens with zero attached hydrogens (tertiary/aromatic N) is 3. The molecule has 1 aromatic heterocycles. The van der Waals surface area contributed by atoms with E-state index in [1.807, 2.05) is 24.3 Å². The maximum absolute atomic E-state index is 12.8. The number of carbonyl (C=O) groups is 2. The zero-order chi connectivity index (χ0) is 19.5. The molecule has 0 bridgehead atoms. The maximum Gasteiger partial charge on any atom is 0.337 e. The first-order chi connectivity index (χ1) is 13.7. The van der Waals surface area contributed by atoms with E-state index in [0.29, 0.717) is 22.8 Å². The number of nitrogens with one attached hydrogen (secondary N) is 1. The summed E-state index contributed by atoms with van der Waals surface area (Å²) in [6.45, 7) is 1.79. The summed E-state index contributed by atoms with van der Waals surface area (Å²) in [6, 6.07) is 13.9. The van der Waals surface area contributed by atoms with Crippen LogP contribution < -0.4 is 10.2 Å². The number of rotatable bonds is 4. The number of ether oxygens (including phenoxy) is 1. The van der Waals surface area contributed by atoms with Gasteiger partial charge in [0.2, 0.25) is 0 Å². The Morgan fingerprint density at radius 3 is 2.18 bits per heavy atom. The highest BCUT2D eigenvalue weighted by atomic mass is 16.5. The Kier molecular flexibility index (Phi) is 4.89. The molecule has 3 aromatic rings. The average Bonchev–Trinajstić information content (AvgIpc) is 3.27. The molecule has 28 heavy (non-hydrogen) atoms. The Morgan fingerprint density at radius 2 is 1.54 bits per heavy atom. The van der Waals surface area contributed by atoms with E-state index in [4.69, 9.17) is 4.98 Å². The van der Waals surface area contributed by atoms with Crippen molar-refractivity contribution in [3.8, 4) is 0 Å². The van der Waals surface area contributed by atoms with Crippen molar-refractivity contribution in [2.45, 2.75) is 12.8 Å². The van der Waals surface area contributed by atoms with Gasteiger partial charge in [0, 0.05) is 18.7 Å². The summed E-state index contributed by atoms with van der Waals surface area (Å²) in [7, 11) is 1.32. The summed E-state index contributed by atoms with van der Waals surface area (Å²) >= 11 is 0. The van der Waals surface area contributed by atoms with Gasteiger partial charge in [0.1, 0.15) is 0 Å². The minimum absolute atomic E-state index is 0.304. The van der Waals surface area contributed by atoms with Crippen LogP contribution in [-0.4, -0.2) is 42.0 Å². The van der Waals surface area contributed by atoms with Crippen molar-refractivity contribution in [2.75, 3.05) is 30.4 Å². The number of aromatic nitrogens is 2. The topological polar surface area (TPSA) is 84.4 Å². The van der Waals surface area contributed by atoms with Crippen LogP contribution >= 0.6 is 0 Å². The summed E-state index contributed by atoms with van der Waals surface area (Å²) in [5.41, 5.74) is 2.34. The smallest absolute Gasteiger partial charge is 0.337 e. The van der Waals surface area contributed by atoms with Crippen molar-refractivity contribution in [2.24, 2.45) is 0 Å². The number of amides is 1. The highest BCUT2D eigenvalue weighted by Crippen LogP contribution is 2.28. The molecule has 2 heterocycles. The molecule has 1 aliphatic heterocycles. The lowest BCUT2D eigenvalue weighted by Gasteiger charge is -2.20. The quantitative estimate of drug-likeness (QED) is 0.704. The molecule has 1 N–H and O–H groups in total. The molecule has 7 nitrogen and oxygen atoms in total. The van der Waals surface area contributed by atoms with Gasteiger partial charge in [-0.25, -0.2) is 14.8 Å². The number of fused-ring (bicyclic) bond motifs is 1. The maximum atomic E-state index is 12.8.